The van der Waals surface area contributed by atoms with Gasteiger partial charge in [0, 0.05) is 19.3 Å². The Morgan fingerprint density at radius 1 is 1.12 bits per heavy atom. The van der Waals surface area contributed by atoms with E-state index in [2.05, 4.69) is 20.9 Å². The summed E-state index contributed by atoms with van der Waals surface area (Å²) in [6.45, 7) is 0.488. The molecule has 0 aliphatic carbocycles. The van der Waals surface area contributed by atoms with Gasteiger partial charge in [-0.05, 0) is 24.3 Å². The summed E-state index contributed by atoms with van der Waals surface area (Å²) in [6.07, 6.45) is -3.68. The van der Waals surface area contributed by atoms with Gasteiger partial charge in [-0.1, -0.05) is 29.3 Å². The minimum atomic E-state index is -4.42. The van der Waals surface area contributed by atoms with Gasteiger partial charge in [-0.3, -0.25) is 0 Å². The highest BCUT2D eigenvalue weighted by Crippen LogP contribution is 2.29. The van der Waals surface area contributed by atoms with E-state index in [9.17, 15) is 18.0 Å². The smallest absolute Gasteiger partial charge is 0.368 e. The maximum absolute atomic E-state index is 12.4. The van der Waals surface area contributed by atoms with Gasteiger partial charge in [-0.15, -0.1) is 0 Å². The number of aromatic nitrogens is 1. The number of carbonyl (C=O) groups excluding carboxylic acids is 1. The van der Waals surface area contributed by atoms with E-state index < -0.39 is 17.8 Å². The number of anilines is 2. The number of urea groups is 1. The van der Waals surface area contributed by atoms with Crippen LogP contribution in [-0.4, -0.2) is 24.1 Å². The summed E-state index contributed by atoms with van der Waals surface area (Å²) in [5.41, 5.74) is -0.460. The van der Waals surface area contributed by atoms with Crippen molar-refractivity contribution in [3.05, 3.63) is 52.1 Å². The molecule has 5 nitrogen and oxygen atoms in total. The van der Waals surface area contributed by atoms with E-state index in [4.69, 9.17) is 23.2 Å². The molecule has 134 valence electrons. The number of benzene rings is 1. The van der Waals surface area contributed by atoms with Crippen molar-refractivity contribution in [2.24, 2.45) is 0 Å². The molecule has 0 unspecified atom stereocenters. The number of carbonyl (C=O) groups is 1. The van der Waals surface area contributed by atoms with E-state index >= 15 is 0 Å². The number of halogens is 5. The summed E-state index contributed by atoms with van der Waals surface area (Å²) in [5.74, 6) is 0.271. The standard InChI is InChI=1S/C15H13Cl2F3N4O/c16-10-2-1-3-11(13(10)17)24-14(25)22-7-6-21-12-5-4-9(8-23-12)15(18,19)20/h1-5,8H,6-7H2,(H,21,23)(H2,22,24,25). The average Bonchev–Trinajstić information content (AvgIpc) is 2.55. The number of amides is 2. The molecule has 0 aliphatic rings. The molecule has 0 atom stereocenters. The summed E-state index contributed by atoms with van der Waals surface area (Å²) in [7, 11) is 0. The lowest BCUT2D eigenvalue weighted by molar-refractivity contribution is -0.137. The highest BCUT2D eigenvalue weighted by Gasteiger charge is 2.30. The van der Waals surface area contributed by atoms with Crippen LogP contribution in [0.15, 0.2) is 36.5 Å². The molecule has 1 aromatic carbocycles. The van der Waals surface area contributed by atoms with Crippen LogP contribution in [0.25, 0.3) is 0 Å². The number of nitrogens with one attached hydrogen (secondary N) is 3. The number of nitrogens with zero attached hydrogens (tertiary/aromatic N) is 1. The van der Waals surface area contributed by atoms with Gasteiger partial charge in [-0.2, -0.15) is 13.2 Å². The Morgan fingerprint density at radius 3 is 2.52 bits per heavy atom. The van der Waals surface area contributed by atoms with Crippen LogP contribution in [0, 0.1) is 0 Å². The summed E-state index contributed by atoms with van der Waals surface area (Å²) >= 11 is 11.8. The molecule has 2 rings (SSSR count). The van der Waals surface area contributed by atoms with E-state index in [1.807, 2.05) is 0 Å². The fourth-order valence-corrected chi connectivity index (χ4v) is 2.15. The second-order valence-electron chi connectivity index (χ2n) is 4.84. The van der Waals surface area contributed by atoms with Gasteiger partial charge in [0.2, 0.25) is 0 Å². The molecule has 25 heavy (non-hydrogen) atoms. The molecule has 0 radical (unpaired) electrons. The number of hydrogen-bond acceptors (Lipinski definition) is 3. The highest BCUT2D eigenvalue weighted by atomic mass is 35.5. The van der Waals surface area contributed by atoms with E-state index in [1.165, 1.54) is 6.07 Å². The molecule has 1 heterocycles. The van der Waals surface area contributed by atoms with Crippen molar-refractivity contribution < 1.29 is 18.0 Å². The third-order valence-electron chi connectivity index (χ3n) is 3.01. The zero-order chi connectivity index (χ0) is 18.4. The van der Waals surface area contributed by atoms with Crippen molar-refractivity contribution in [3.63, 3.8) is 0 Å². The molecule has 2 amide bonds. The first-order valence-corrected chi connectivity index (χ1v) is 7.79. The molecule has 0 saturated carbocycles. The molecule has 0 bridgehead atoms. The fourth-order valence-electron chi connectivity index (χ4n) is 1.80. The van der Waals surface area contributed by atoms with Gasteiger partial charge in [0.15, 0.2) is 0 Å². The Labute approximate surface area is 151 Å². The van der Waals surface area contributed by atoms with Gasteiger partial charge in [0.1, 0.15) is 5.82 Å². The van der Waals surface area contributed by atoms with Crippen LogP contribution >= 0.6 is 23.2 Å². The summed E-state index contributed by atoms with van der Waals surface area (Å²) in [5, 5.41) is 8.44. The Morgan fingerprint density at radius 2 is 1.88 bits per heavy atom. The van der Waals surface area contributed by atoms with Crippen LogP contribution in [0.2, 0.25) is 10.0 Å². The summed E-state index contributed by atoms with van der Waals surface area (Å²) in [6, 6.07) is 6.48. The Balaban J connectivity index is 1.75. The van der Waals surface area contributed by atoms with Gasteiger partial charge in [0.25, 0.3) is 0 Å². The SMILES string of the molecule is O=C(NCCNc1ccc(C(F)(F)F)cn1)Nc1cccc(Cl)c1Cl. The maximum Gasteiger partial charge on any atom is 0.417 e. The van der Waals surface area contributed by atoms with Gasteiger partial charge >= 0.3 is 12.2 Å². The first kappa shape index (κ1) is 19.1. The lowest BCUT2D eigenvalue weighted by Crippen LogP contribution is -2.32. The largest absolute Gasteiger partial charge is 0.417 e. The normalized spacial score (nSPS) is 11.1. The van der Waals surface area contributed by atoms with Gasteiger partial charge in [-0.25, -0.2) is 9.78 Å². The quantitative estimate of drug-likeness (QED) is 0.649. The zero-order valence-corrected chi connectivity index (χ0v) is 14.1. The summed E-state index contributed by atoms with van der Waals surface area (Å²) in [4.78, 5) is 15.4. The first-order chi connectivity index (χ1) is 11.8. The molecular formula is C15H13Cl2F3N4O. The van der Waals surface area contributed by atoms with Crippen LogP contribution in [0.1, 0.15) is 5.56 Å². The van der Waals surface area contributed by atoms with Gasteiger partial charge in [0.05, 0.1) is 21.3 Å². The van der Waals surface area contributed by atoms with E-state index in [0.29, 0.717) is 10.7 Å². The van der Waals surface area contributed by atoms with Crippen molar-refractivity contribution in [1.29, 1.82) is 0 Å². The van der Waals surface area contributed by atoms with E-state index in [1.54, 1.807) is 18.2 Å². The minimum Gasteiger partial charge on any atom is -0.368 e. The molecule has 10 heteroatoms. The van der Waals surface area contributed by atoms with Crippen molar-refractivity contribution in [3.8, 4) is 0 Å². The lowest BCUT2D eigenvalue weighted by Gasteiger charge is -2.11. The molecule has 3 N–H and O–H groups in total. The predicted molar refractivity (Wildman–Crippen MR) is 91.2 cm³/mol. The molecular weight excluding hydrogens is 380 g/mol. The van der Waals surface area contributed by atoms with E-state index in [0.717, 1.165) is 12.3 Å². The zero-order valence-electron chi connectivity index (χ0n) is 12.6. The van der Waals surface area contributed by atoms with Crippen molar-refractivity contribution in [2.45, 2.75) is 6.18 Å². The Hall–Kier alpha value is -2.19. The highest BCUT2D eigenvalue weighted by molar-refractivity contribution is 6.43. The predicted octanol–water partition coefficient (Wildman–Crippen LogP) is 4.64. The number of pyridine rings is 1. The van der Waals surface area contributed by atoms with Gasteiger partial charge < -0.3 is 16.0 Å². The topological polar surface area (TPSA) is 66.0 Å². The van der Waals surface area contributed by atoms with Crippen LogP contribution in [0.4, 0.5) is 29.5 Å². The minimum absolute atomic E-state index is 0.215. The lowest BCUT2D eigenvalue weighted by atomic mass is 10.3. The van der Waals surface area contributed by atoms with Crippen LogP contribution < -0.4 is 16.0 Å². The third-order valence-corrected chi connectivity index (χ3v) is 3.83. The molecule has 1 aromatic heterocycles. The number of hydrogen-bond donors (Lipinski definition) is 3. The molecule has 0 aliphatic heterocycles. The van der Waals surface area contributed by atoms with E-state index in [-0.39, 0.29) is 23.9 Å². The van der Waals surface area contributed by atoms with Crippen molar-refractivity contribution >= 4 is 40.7 Å². The van der Waals surface area contributed by atoms with Crippen LogP contribution in [0.5, 0.6) is 0 Å². The molecule has 0 spiro atoms. The molecule has 2 aromatic rings. The Kier molecular flexibility index (Phi) is 6.33. The third kappa shape index (κ3) is 5.68. The first-order valence-electron chi connectivity index (χ1n) is 7.03. The van der Waals surface area contributed by atoms with Crippen LogP contribution in [-0.2, 0) is 6.18 Å². The van der Waals surface area contributed by atoms with Crippen molar-refractivity contribution in [2.75, 3.05) is 23.7 Å². The second-order valence-corrected chi connectivity index (χ2v) is 5.62. The fraction of sp³-hybridized carbons (Fsp3) is 0.200. The molecule has 0 fully saturated rings. The monoisotopic (exact) mass is 392 g/mol. The number of alkyl halides is 3. The van der Waals surface area contributed by atoms with Crippen molar-refractivity contribution in [1.82, 2.24) is 10.3 Å². The summed E-state index contributed by atoms with van der Waals surface area (Å²) < 4.78 is 37.2. The number of rotatable bonds is 5. The second kappa shape index (κ2) is 8.26. The average molecular weight is 393 g/mol. The van der Waals surface area contributed by atoms with Crippen LogP contribution in [0.3, 0.4) is 0 Å². The molecule has 0 saturated heterocycles. The Bertz CT molecular complexity index is 739. The maximum atomic E-state index is 12.4.